The molecule has 6 rings (SSSR count). The first-order valence-corrected chi connectivity index (χ1v) is 12.5. The summed E-state index contributed by atoms with van der Waals surface area (Å²) in [6, 6.07) is 17.1. The smallest absolute Gasteiger partial charge is 0.216 e. The second-order valence-corrected chi connectivity index (χ2v) is 9.70. The monoisotopic (exact) mass is 474 g/mol. The Morgan fingerprint density at radius 3 is 2.57 bits per heavy atom. The van der Waals surface area contributed by atoms with Crippen molar-refractivity contribution in [3.05, 3.63) is 54.1 Å². The molecule has 184 valence electrons. The predicted octanol–water partition coefficient (Wildman–Crippen LogP) is 2.37. The van der Waals surface area contributed by atoms with Crippen LogP contribution in [0.3, 0.4) is 0 Å². The van der Waals surface area contributed by atoms with E-state index < -0.39 is 0 Å². The largest absolute Gasteiger partial charge is 0.379 e. The fraction of sp³-hybridized carbons (Fsp3) is 0.462. The molecule has 0 unspecified atom stereocenters. The zero-order valence-corrected chi connectivity index (χ0v) is 20.6. The standard InChI is InChI=1S/C26H34N8O/c1-30(2)21-10-8-20(9-11-21)24-29-25-27-18-32(13-5-12-31-14-16-35-17-15-31)19-33(25)26-28-22-6-3-4-7-23(22)34(24)26/h3-4,6-11,24H,5,12-19H2,1-2H3,(H,27,29)/t24-/m0/s1. The number of morpholine rings is 1. The summed E-state index contributed by atoms with van der Waals surface area (Å²) in [6.07, 6.45) is 1.07. The Morgan fingerprint density at radius 2 is 1.77 bits per heavy atom. The molecule has 1 aromatic heterocycles. The van der Waals surface area contributed by atoms with Crippen molar-refractivity contribution in [1.82, 2.24) is 24.7 Å². The molecule has 9 heteroatoms. The van der Waals surface area contributed by atoms with Gasteiger partial charge in [-0.3, -0.25) is 19.3 Å². The van der Waals surface area contributed by atoms with Gasteiger partial charge in [0.05, 0.1) is 37.6 Å². The van der Waals surface area contributed by atoms with E-state index in [1.54, 1.807) is 0 Å². The maximum atomic E-state index is 5.48. The SMILES string of the molecule is CN(C)c1ccc([C@H]2NC3=NCN(CCCN4CCOCC4)CN3c3nc4ccccc4n32)cc1. The van der Waals surface area contributed by atoms with Crippen molar-refractivity contribution in [2.75, 3.05) is 76.6 Å². The third kappa shape index (κ3) is 4.35. The molecule has 35 heavy (non-hydrogen) atoms. The van der Waals surface area contributed by atoms with E-state index in [2.05, 4.69) is 92.1 Å². The number of para-hydroxylation sites is 2. The Hall–Kier alpha value is -3.14. The molecule has 2 aromatic carbocycles. The molecule has 3 aliphatic heterocycles. The molecule has 0 amide bonds. The zero-order chi connectivity index (χ0) is 23.8. The minimum Gasteiger partial charge on any atom is -0.379 e. The Kier molecular flexibility index (Phi) is 6.05. The van der Waals surface area contributed by atoms with Crippen molar-refractivity contribution >= 4 is 28.6 Å². The van der Waals surface area contributed by atoms with E-state index in [4.69, 9.17) is 14.7 Å². The molecule has 1 atom stereocenters. The van der Waals surface area contributed by atoms with E-state index in [9.17, 15) is 0 Å². The van der Waals surface area contributed by atoms with Crippen LogP contribution in [-0.4, -0.2) is 92.1 Å². The molecule has 0 bridgehead atoms. The summed E-state index contributed by atoms with van der Waals surface area (Å²) in [4.78, 5) is 19.3. The van der Waals surface area contributed by atoms with Gasteiger partial charge in [0.1, 0.15) is 6.17 Å². The molecule has 3 aliphatic rings. The number of guanidine groups is 1. The van der Waals surface area contributed by atoms with E-state index >= 15 is 0 Å². The summed E-state index contributed by atoms with van der Waals surface area (Å²) in [7, 11) is 4.13. The summed E-state index contributed by atoms with van der Waals surface area (Å²) < 4.78 is 7.79. The Morgan fingerprint density at radius 1 is 1.00 bits per heavy atom. The molecule has 0 spiro atoms. The Bertz CT molecular complexity index is 1200. The van der Waals surface area contributed by atoms with Crippen molar-refractivity contribution < 1.29 is 4.74 Å². The van der Waals surface area contributed by atoms with E-state index in [0.29, 0.717) is 6.67 Å². The van der Waals surface area contributed by atoms with Crippen LogP contribution in [0.1, 0.15) is 18.2 Å². The lowest BCUT2D eigenvalue weighted by Crippen LogP contribution is -2.57. The minimum absolute atomic E-state index is 0.0588. The number of rotatable bonds is 6. The first-order chi connectivity index (χ1) is 17.2. The number of anilines is 2. The highest BCUT2D eigenvalue weighted by Crippen LogP contribution is 2.34. The second-order valence-electron chi connectivity index (χ2n) is 9.70. The van der Waals surface area contributed by atoms with Crippen molar-refractivity contribution in [3.63, 3.8) is 0 Å². The first-order valence-electron chi connectivity index (χ1n) is 12.5. The molecule has 0 aliphatic carbocycles. The molecular weight excluding hydrogens is 440 g/mol. The molecule has 0 radical (unpaired) electrons. The van der Waals surface area contributed by atoms with Gasteiger partial charge in [-0.2, -0.15) is 0 Å². The van der Waals surface area contributed by atoms with Crippen LogP contribution < -0.4 is 15.1 Å². The van der Waals surface area contributed by atoms with Gasteiger partial charge in [0.15, 0.2) is 0 Å². The average Bonchev–Trinajstić information content (AvgIpc) is 3.29. The molecule has 9 nitrogen and oxygen atoms in total. The Labute approximate surface area is 206 Å². The number of nitrogens with zero attached hydrogens (tertiary/aromatic N) is 7. The van der Waals surface area contributed by atoms with E-state index in [0.717, 1.165) is 75.4 Å². The maximum absolute atomic E-state index is 5.48. The first kappa shape index (κ1) is 22.3. The lowest BCUT2D eigenvalue weighted by atomic mass is 10.1. The normalized spacial score (nSPS) is 20.8. The number of benzene rings is 2. The maximum Gasteiger partial charge on any atom is 0.216 e. The van der Waals surface area contributed by atoms with Gasteiger partial charge >= 0.3 is 0 Å². The highest BCUT2D eigenvalue weighted by Gasteiger charge is 2.35. The van der Waals surface area contributed by atoms with Gasteiger partial charge < -0.3 is 15.0 Å². The van der Waals surface area contributed by atoms with Crippen molar-refractivity contribution in [1.29, 1.82) is 0 Å². The van der Waals surface area contributed by atoms with Crippen LogP contribution in [0.25, 0.3) is 11.0 Å². The number of nitrogens with one attached hydrogen (secondary N) is 1. The van der Waals surface area contributed by atoms with Crippen LogP contribution in [0.4, 0.5) is 11.6 Å². The van der Waals surface area contributed by atoms with Gasteiger partial charge in [0.25, 0.3) is 0 Å². The quantitative estimate of drug-likeness (QED) is 0.589. The number of hydrogen-bond donors (Lipinski definition) is 1. The number of aliphatic imine (C=N–C) groups is 1. The van der Waals surface area contributed by atoms with Crippen molar-refractivity contribution in [2.24, 2.45) is 4.99 Å². The van der Waals surface area contributed by atoms with Gasteiger partial charge in [-0.25, -0.2) is 9.98 Å². The molecule has 1 saturated heterocycles. The van der Waals surface area contributed by atoms with Crippen molar-refractivity contribution in [2.45, 2.75) is 12.6 Å². The van der Waals surface area contributed by atoms with Gasteiger partial charge in [-0.15, -0.1) is 0 Å². The van der Waals surface area contributed by atoms with E-state index in [1.165, 1.54) is 11.3 Å². The van der Waals surface area contributed by atoms with Crippen LogP contribution in [0.5, 0.6) is 0 Å². The summed E-state index contributed by atoms with van der Waals surface area (Å²) in [5, 5.41) is 3.72. The van der Waals surface area contributed by atoms with Crippen LogP contribution in [0.2, 0.25) is 0 Å². The van der Waals surface area contributed by atoms with Crippen LogP contribution in [0, 0.1) is 0 Å². The molecule has 1 fully saturated rings. The molecule has 3 aromatic rings. The summed E-state index contributed by atoms with van der Waals surface area (Å²) in [5.41, 5.74) is 4.50. The highest BCUT2D eigenvalue weighted by molar-refractivity contribution is 5.98. The number of fused-ring (bicyclic) bond motifs is 5. The number of aromatic nitrogens is 2. The fourth-order valence-electron chi connectivity index (χ4n) is 5.18. The van der Waals surface area contributed by atoms with E-state index in [1.807, 2.05) is 0 Å². The van der Waals surface area contributed by atoms with Crippen LogP contribution >= 0.6 is 0 Å². The van der Waals surface area contributed by atoms with Crippen LogP contribution in [0.15, 0.2) is 53.5 Å². The molecule has 0 saturated carbocycles. The lowest BCUT2D eigenvalue weighted by molar-refractivity contribution is 0.0361. The van der Waals surface area contributed by atoms with Crippen LogP contribution in [-0.2, 0) is 4.74 Å². The van der Waals surface area contributed by atoms with Gasteiger partial charge in [0.2, 0.25) is 11.9 Å². The number of imidazole rings is 1. The Balaban J connectivity index is 1.26. The van der Waals surface area contributed by atoms with Crippen molar-refractivity contribution in [3.8, 4) is 0 Å². The minimum atomic E-state index is -0.0588. The fourth-order valence-corrected chi connectivity index (χ4v) is 5.18. The average molecular weight is 475 g/mol. The highest BCUT2D eigenvalue weighted by atomic mass is 16.5. The van der Waals surface area contributed by atoms with Gasteiger partial charge in [-0.05, 0) is 42.8 Å². The summed E-state index contributed by atoms with van der Waals surface area (Å²) in [5.74, 6) is 1.85. The summed E-state index contributed by atoms with van der Waals surface area (Å²) >= 11 is 0. The van der Waals surface area contributed by atoms with Gasteiger partial charge in [0, 0.05) is 39.4 Å². The number of ether oxygens (including phenoxy) is 1. The second kappa shape index (κ2) is 9.49. The molecule has 1 N–H and O–H groups in total. The number of hydrogen-bond acceptors (Lipinski definition) is 8. The third-order valence-corrected chi connectivity index (χ3v) is 7.14. The van der Waals surface area contributed by atoms with Gasteiger partial charge in [-0.1, -0.05) is 24.3 Å². The molecular formula is C26H34N8O. The lowest BCUT2D eigenvalue weighted by Gasteiger charge is -2.42. The zero-order valence-electron chi connectivity index (χ0n) is 20.6. The van der Waals surface area contributed by atoms with E-state index in [-0.39, 0.29) is 6.17 Å². The topological polar surface area (TPSA) is 64.4 Å². The summed E-state index contributed by atoms with van der Waals surface area (Å²) in [6.45, 7) is 7.40. The third-order valence-electron chi connectivity index (χ3n) is 7.14. The predicted molar refractivity (Wildman–Crippen MR) is 140 cm³/mol. The molecule has 4 heterocycles.